The highest BCUT2D eigenvalue weighted by atomic mass is 16.3. The molecule has 120 valence electrons. The van der Waals surface area contributed by atoms with Crippen molar-refractivity contribution in [2.75, 3.05) is 20.6 Å². The molecule has 1 aromatic heterocycles. The summed E-state index contributed by atoms with van der Waals surface area (Å²) < 4.78 is 0. The molecule has 5 nitrogen and oxygen atoms in total. The van der Waals surface area contributed by atoms with Crippen LogP contribution in [0.3, 0.4) is 0 Å². The first-order valence-corrected chi connectivity index (χ1v) is 7.50. The number of hydrogen-bond donors (Lipinski definition) is 3. The first kappa shape index (κ1) is 17.9. The average Bonchev–Trinajstić information content (AvgIpc) is 2.38. The van der Waals surface area contributed by atoms with Gasteiger partial charge in [-0.3, -0.25) is 4.98 Å². The average molecular weight is 295 g/mol. The van der Waals surface area contributed by atoms with Crippen molar-refractivity contribution >= 4 is 0 Å². The SMILES string of the molecule is Cc1ncc(CO)c(CNC(CC(C)C)CN(C)C)c1O. The Morgan fingerprint density at radius 3 is 2.52 bits per heavy atom. The summed E-state index contributed by atoms with van der Waals surface area (Å²) in [6, 6.07) is 0.347. The van der Waals surface area contributed by atoms with E-state index >= 15 is 0 Å². The molecule has 0 aliphatic carbocycles. The maximum atomic E-state index is 10.2. The normalized spacial score (nSPS) is 13.1. The lowest BCUT2D eigenvalue weighted by Crippen LogP contribution is -2.39. The summed E-state index contributed by atoms with van der Waals surface area (Å²) in [6.07, 6.45) is 2.70. The number of aromatic hydroxyl groups is 1. The molecule has 0 saturated heterocycles. The number of aromatic nitrogens is 1. The Kier molecular flexibility index (Phi) is 7.08. The predicted molar refractivity (Wildman–Crippen MR) is 85.2 cm³/mol. The van der Waals surface area contributed by atoms with E-state index in [1.165, 1.54) is 0 Å². The summed E-state index contributed by atoms with van der Waals surface area (Å²) in [7, 11) is 4.12. The summed E-state index contributed by atoms with van der Waals surface area (Å²) in [4.78, 5) is 6.25. The van der Waals surface area contributed by atoms with Crippen LogP contribution in [0.2, 0.25) is 0 Å². The Morgan fingerprint density at radius 2 is 2.00 bits per heavy atom. The smallest absolute Gasteiger partial charge is 0.141 e. The number of aryl methyl sites for hydroxylation is 1. The van der Waals surface area contributed by atoms with Crippen LogP contribution in [0.4, 0.5) is 0 Å². The fourth-order valence-electron chi connectivity index (χ4n) is 2.50. The third-order valence-corrected chi connectivity index (χ3v) is 3.51. The summed E-state index contributed by atoms with van der Waals surface area (Å²) >= 11 is 0. The number of likely N-dealkylation sites (N-methyl/N-ethyl adjacent to an activating group) is 1. The third kappa shape index (κ3) is 5.61. The van der Waals surface area contributed by atoms with Gasteiger partial charge in [0.1, 0.15) is 5.75 Å². The minimum atomic E-state index is -0.111. The zero-order valence-electron chi connectivity index (χ0n) is 13.8. The molecule has 0 aromatic carbocycles. The van der Waals surface area contributed by atoms with Gasteiger partial charge < -0.3 is 20.4 Å². The van der Waals surface area contributed by atoms with Crippen molar-refractivity contribution < 1.29 is 10.2 Å². The maximum absolute atomic E-state index is 10.2. The second-order valence-corrected chi connectivity index (χ2v) is 6.32. The standard InChI is InChI=1S/C16H29N3O2/c1-11(2)6-14(9-19(4)5)18-8-15-13(10-20)7-17-12(3)16(15)21/h7,11,14,18,20-21H,6,8-10H2,1-5H3. The first-order chi connectivity index (χ1) is 9.85. The fourth-order valence-corrected chi connectivity index (χ4v) is 2.50. The highest BCUT2D eigenvalue weighted by molar-refractivity contribution is 5.40. The molecule has 5 heteroatoms. The van der Waals surface area contributed by atoms with Gasteiger partial charge in [-0.1, -0.05) is 13.8 Å². The van der Waals surface area contributed by atoms with E-state index in [-0.39, 0.29) is 12.4 Å². The zero-order chi connectivity index (χ0) is 16.0. The first-order valence-electron chi connectivity index (χ1n) is 7.50. The van der Waals surface area contributed by atoms with Gasteiger partial charge in [0.05, 0.1) is 12.3 Å². The minimum Gasteiger partial charge on any atom is -0.506 e. The molecular weight excluding hydrogens is 266 g/mol. The lowest BCUT2D eigenvalue weighted by atomic mass is 10.0. The van der Waals surface area contributed by atoms with Crippen LogP contribution in [0.15, 0.2) is 6.20 Å². The van der Waals surface area contributed by atoms with Crippen molar-refractivity contribution in [2.45, 2.75) is 46.4 Å². The Bertz CT molecular complexity index is 437. The Morgan fingerprint density at radius 1 is 1.33 bits per heavy atom. The van der Waals surface area contributed by atoms with E-state index in [9.17, 15) is 10.2 Å². The molecule has 1 aromatic rings. The van der Waals surface area contributed by atoms with Crippen molar-refractivity contribution in [1.29, 1.82) is 0 Å². The van der Waals surface area contributed by atoms with Crippen LogP contribution in [0.1, 0.15) is 37.1 Å². The van der Waals surface area contributed by atoms with Crippen molar-refractivity contribution in [3.05, 3.63) is 23.0 Å². The molecule has 0 aliphatic rings. The summed E-state index contributed by atoms with van der Waals surface area (Å²) in [5.41, 5.74) is 2.02. The Labute approximate surface area is 128 Å². The molecule has 1 rings (SSSR count). The second-order valence-electron chi connectivity index (χ2n) is 6.32. The molecule has 0 aliphatic heterocycles. The zero-order valence-corrected chi connectivity index (χ0v) is 13.8. The van der Waals surface area contributed by atoms with Crippen molar-refractivity contribution in [1.82, 2.24) is 15.2 Å². The van der Waals surface area contributed by atoms with Crippen LogP contribution in [-0.4, -0.2) is 46.8 Å². The summed E-state index contributed by atoms with van der Waals surface area (Å²) in [6.45, 7) is 7.55. The molecular formula is C16H29N3O2. The van der Waals surface area contributed by atoms with E-state index in [0.29, 0.717) is 29.8 Å². The second kappa shape index (κ2) is 8.32. The molecule has 0 amide bonds. The quantitative estimate of drug-likeness (QED) is 0.680. The van der Waals surface area contributed by atoms with Crippen molar-refractivity contribution in [3.8, 4) is 5.75 Å². The number of hydrogen-bond acceptors (Lipinski definition) is 5. The Balaban J connectivity index is 2.81. The molecule has 0 spiro atoms. The monoisotopic (exact) mass is 295 g/mol. The van der Waals surface area contributed by atoms with Gasteiger partial charge >= 0.3 is 0 Å². The number of nitrogens with one attached hydrogen (secondary N) is 1. The molecule has 0 radical (unpaired) electrons. The van der Waals surface area contributed by atoms with Crippen LogP contribution >= 0.6 is 0 Å². The van der Waals surface area contributed by atoms with E-state index in [2.05, 4.69) is 43.1 Å². The lowest BCUT2D eigenvalue weighted by Gasteiger charge is -2.25. The molecule has 1 atom stereocenters. The molecule has 21 heavy (non-hydrogen) atoms. The van der Waals surface area contributed by atoms with Gasteiger partial charge in [0, 0.05) is 36.5 Å². The predicted octanol–water partition coefficient (Wildman–Crippen LogP) is 1.65. The van der Waals surface area contributed by atoms with Gasteiger partial charge in [-0.15, -0.1) is 0 Å². The summed E-state index contributed by atoms with van der Waals surface area (Å²) in [5.74, 6) is 0.787. The summed E-state index contributed by atoms with van der Waals surface area (Å²) in [5, 5.41) is 23.1. The van der Waals surface area contributed by atoms with Crippen LogP contribution < -0.4 is 5.32 Å². The van der Waals surface area contributed by atoms with Gasteiger partial charge in [0.15, 0.2) is 0 Å². The van der Waals surface area contributed by atoms with Gasteiger partial charge in [-0.05, 0) is 33.4 Å². The molecule has 0 bridgehead atoms. The number of nitrogens with zero attached hydrogens (tertiary/aromatic N) is 2. The fraction of sp³-hybridized carbons (Fsp3) is 0.688. The van der Waals surface area contributed by atoms with Gasteiger partial charge in [0.25, 0.3) is 0 Å². The molecule has 1 heterocycles. The molecule has 0 fully saturated rings. The minimum absolute atomic E-state index is 0.111. The van der Waals surface area contributed by atoms with Crippen LogP contribution in [-0.2, 0) is 13.2 Å². The highest BCUT2D eigenvalue weighted by Gasteiger charge is 2.15. The lowest BCUT2D eigenvalue weighted by molar-refractivity contribution is 0.276. The third-order valence-electron chi connectivity index (χ3n) is 3.51. The Hall–Kier alpha value is -1.17. The van der Waals surface area contributed by atoms with E-state index < -0.39 is 0 Å². The molecule has 0 saturated carbocycles. The maximum Gasteiger partial charge on any atom is 0.141 e. The largest absolute Gasteiger partial charge is 0.506 e. The van der Waals surface area contributed by atoms with Crippen molar-refractivity contribution in [2.24, 2.45) is 5.92 Å². The van der Waals surface area contributed by atoms with Gasteiger partial charge in [-0.2, -0.15) is 0 Å². The van der Waals surface area contributed by atoms with Crippen LogP contribution in [0, 0.1) is 12.8 Å². The van der Waals surface area contributed by atoms with Crippen molar-refractivity contribution in [3.63, 3.8) is 0 Å². The highest BCUT2D eigenvalue weighted by Crippen LogP contribution is 2.24. The number of aliphatic hydroxyl groups is 1. The van der Waals surface area contributed by atoms with Crippen LogP contribution in [0.5, 0.6) is 5.75 Å². The van der Waals surface area contributed by atoms with E-state index in [0.717, 1.165) is 18.5 Å². The number of rotatable bonds is 8. The van der Waals surface area contributed by atoms with E-state index in [4.69, 9.17) is 0 Å². The van der Waals surface area contributed by atoms with Gasteiger partial charge in [0.2, 0.25) is 0 Å². The topological polar surface area (TPSA) is 68.6 Å². The molecule has 1 unspecified atom stereocenters. The van der Waals surface area contributed by atoms with Gasteiger partial charge in [-0.25, -0.2) is 0 Å². The number of pyridine rings is 1. The number of aliphatic hydroxyl groups excluding tert-OH is 1. The molecule has 3 N–H and O–H groups in total. The van der Waals surface area contributed by atoms with Crippen LogP contribution in [0.25, 0.3) is 0 Å². The van der Waals surface area contributed by atoms with E-state index in [1.807, 2.05) is 0 Å². The van der Waals surface area contributed by atoms with E-state index in [1.54, 1.807) is 13.1 Å².